The van der Waals surface area contributed by atoms with Gasteiger partial charge in [0.15, 0.2) is 0 Å². The van der Waals surface area contributed by atoms with Crippen LogP contribution in [0.25, 0.3) is 11.3 Å². The number of furan rings is 1. The lowest BCUT2D eigenvalue weighted by atomic mass is 9.78. The predicted octanol–water partition coefficient (Wildman–Crippen LogP) is 6.25. The normalized spacial score (nSPS) is 12.1. The van der Waals surface area contributed by atoms with Crippen LogP contribution in [0.15, 0.2) is 52.0 Å². The molecule has 0 aliphatic heterocycles. The highest BCUT2D eigenvalue weighted by Crippen LogP contribution is 2.40. The van der Waals surface area contributed by atoms with Gasteiger partial charge in [0, 0.05) is 6.42 Å². The summed E-state index contributed by atoms with van der Waals surface area (Å²) in [6, 6.07) is 11.6. The molecule has 0 aliphatic rings. The van der Waals surface area contributed by atoms with Crippen molar-refractivity contribution in [2.45, 2.75) is 65.2 Å². The van der Waals surface area contributed by atoms with Crippen LogP contribution in [0.4, 0.5) is 5.69 Å². The summed E-state index contributed by atoms with van der Waals surface area (Å²) in [5.74, 6) is 1.02. The molecular formula is C29H35N3O6. The number of hydrogen-bond donors (Lipinski definition) is 2. The molecule has 1 heterocycles. The summed E-state index contributed by atoms with van der Waals surface area (Å²) in [7, 11) is 1.44. The maximum Gasteiger partial charge on any atom is 0.284 e. The van der Waals surface area contributed by atoms with Gasteiger partial charge in [-0.1, -0.05) is 53.7 Å². The molecule has 2 N–H and O–H groups in total. The van der Waals surface area contributed by atoms with Gasteiger partial charge in [0.1, 0.15) is 23.0 Å². The number of phenolic OH excluding ortho intramolecular Hbond substituents is 1. The van der Waals surface area contributed by atoms with Crippen molar-refractivity contribution in [3.8, 4) is 22.8 Å². The van der Waals surface area contributed by atoms with Crippen LogP contribution in [0.2, 0.25) is 0 Å². The molecule has 3 aromatic rings. The van der Waals surface area contributed by atoms with Gasteiger partial charge in [0.25, 0.3) is 5.69 Å². The highest BCUT2D eigenvalue weighted by Gasteiger charge is 2.26. The summed E-state index contributed by atoms with van der Waals surface area (Å²) in [6.45, 7) is 12.3. The topological polar surface area (TPSA) is 127 Å². The summed E-state index contributed by atoms with van der Waals surface area (Å²) in [5, 5.41) is 26.3. The van der Waals surface area contributed by atoms with E-state index >= 15 is 0 Å². The van der Waals surface area contributed by atoms with Gasteiger partial charge in [-0.3, -0.25) is 14.9 Å². The Balaban J connectivity index is 1.67. The van der Waals surface area contributed by atoms with Gasteiger partial charge >= 0.3 is 0 Å². The number of amides is 1. The Kier molecular flexibility index (Phi) is 8.29. The standard InChI is InChI=1S/C29H35N3O6/c1-28(2,3)22-14-18(15-23(27(22)34)29(4,5)6)8-13-26(33)31-30-17-20-10-12-25(38-20)21-11-9-19(37-7)16-24(21)32(35)36/h9-12,14-17,34H,8,13H2,1-7H3,(H,31,33)/b30-17-. The number of nitro groups is 1. The summed E-state index contributed by atoms with van der Waals surface area (Å²) in [6.07, 6.45) is 2.03. The van der Waals surface area contributed by atoms with Crippen LogP contribution < -0.4 is 10.2 Å². The second-order valence-corrected chi connectivity index (χ2v) is 11.2. The number of benzene rings is 2. The lowest BCUT2D eigenvalue weighted by molar-refractivity contribution is -0.384. The van der Waals surface area contributed by atoms with E-state index < -0.39 is 4.92 Å². The monoisotopic (exact) mass is 521 g/mol. The minimum absolute atomic E-state index is 0.144. The van der Waals surface area contributed by atoms with Crippen molar-refractivity contribution in [2.24, 2.45) is 5.10 Å². The number of rotatable bonds is 8. The average molecular weight is 522 g/mol. The third kappa shape index (κ3) is 6.79. The zero-order valence-electron chi connectivity index (χ0n) is 22.9. The SMILES string of the molecule is COc1ccc(-c2ccc(/C=N\NC(=O)CCc3cc(C(C)(C)C)c(O)c(C(C)(C)C)c3)o2)c([N+](=O)[O-])c1. The molecule has 2 aromatic carbocycles. The maximum atomic E-state index is 12.5. The molecule has 3 rings (SSSR count). The molecule has 202 valence electrons. The zero-order valence-corrected chi connectivity index (χ0v) is 22.9. The van der Waals surface area contributed by atoms with Crippen molar-refractivity contribution >= 4 is 17.8 Å². The van der Waals surface area contributed by atoms with E-state index in [0.29, 0.717) is 35.0 Å². The molecule has 0 aliphatic carbocycles. The number of phenols is 1. The van der Waals surface area contributed by atoms with E-state index in [4.69, 9.17) is 9.15 Å². The van der Waals surface area contributed by atoms with Gasteiger partial charge < -0.3 is 14.3 Å². The van der Waals surface area contributed by atoms with Crippen molar-refractivity contribution in [1.29, 1.82) is 0 Å². The van der Waals surface area contributed by atoms with E-state index in [-0.39, 0.29) is 28.8 Å². The number of nitrogens with zero attached hydrogens (tertiary/aromatic N) is 2. The molecule has 38 heavy (non-hydrogen) atoms. The first-order valence-corrected chi connectivity index (χ1v) is 12.3. The second kappa shape index (κ2) is 11.1. The third-order valence-electron chi connectivity index (χ3n) is 6.10. The van der Waals surface area contributed by atoms with Crippen molar-refractivity contribution in [1.82, 2.24) is 5.43 Å². The number of carbonyl (C=O) groups is 1. The van der Waals surface area contributed by atoms with Gasteiger partial charge in [-0.05, 0) is 58.2 Å². The first kappa shape index (κ1) is 28.4. The Labute approximate surface area is 222 Å². The summed E-state index contributed by atoms with van der Waals surface area (Å²) in [5.41, 5.74) is 4.82. The fourth-order valence-electron chi connectivity index (χ4n) is 4.03. The second-order valence-electron chi connectivity index (χ2n) is 11.2. The summed E-state index contributed by atoms with van der Waals surface area (Å²) < 4.78 is 10.7. The highest BCUT2D eigenvalue weighted by atomic mass is 16.6. The number of hydrazone groups is 1. The maximum absolute atomic E-state index is 12.5. The molecular weight excluding hydrogens is 486 g/mol. The van der Waals surface area contributed by atoms with Gasteiger partial charge in [0.2, 0.25) is 5.91 Å². The zero-order chi connectivity index (χ0) is 28.3. The number of nitrogens with one attached hydrogen (secondary N) is 1. The van der Waals surface area contributed by atoms with Crippen LogP contribution in [0.5, 0.6) is 11.5 Å². The molecule has 0 bridgehead atoms. The van der Waals surface area contributed by atoms with Crippen molar-refractivity contribution in [3.63, 3.8) is 0 Å². The number of aromatic hydroxyl groups is 1. The number of aryl methyl sites for hydroxylation is 1. The number of carbonyl (C=O) groups excluding carboxylic acids is 1. The van der Waals surface area contributed by atoms with Crippen molar-refractivity contribution in [3.05, 3.63) is 75.0 Å². The molecule has 9 nitrogen and oxygen atoms in total. The number of methoxy groups -OCH3 is 1. The molecule has 1 amide bonds. The lowest BCUT2D eigenvalue weighted by Gasteiger charge is -2.28. The molecule has 0 saturated heterocycles. The van der Waals surface area contributed by atoms with Crippen molar-refractivity contribution in [2.75, 3.05) is 7.11 Å². The number of hydrogen-bond acceptors (Lipinski definition) is 7. The Morgan fingerprint density at radius 2 is 1.71 bits per heavy atom. The Morgan fingerprint density at radius 3 is 2.26 bits per heavy atom. The minimum atomic E-state index is -0.503. The first-order valence-electron chi connectivity index (χ1n) is 12.3. The van der Waals surface area contributed by atoms with E-state index in [1.807, 2.05) is 53.7 Å². The van der Waals surface area contributed by atoms with Crippen molar-refractivity contribution < 1.29 is 24.0 Å². The van der Waals surface area contributed by atoms with E-state index in [9.17, 15) is 20.0 Å². The molecule has 0 unspecified atom stereocenters. The van der Waals surface area contributed by atoms with E-state index in [0.717, 1.165) is 16.7 Å². The molecule has 0 fully saturated rings. The molecule has 0 atom stereocenters. The smallest absolute Gasteiger partial charge is 0.284 e. The summed E-state index contributed by atoms with van der Waals surface area (Å²) >= 11 is 0. The number of ether oxygens (including phenoxy) is 1. The highest BCUT2D eigenvalue weighted by molar-refractivity contribution is 5.82. The Bertz CT molecular complexity index is 1320. The van der Waals surface area contributed by atoms with Crippen LogP contribution in [0.1, 0.15) is 70.4 Å². The van der Waals surface area contributed by atoms with Gasteiger partial charge in [0.05, 0.1) is 29.9 Å². The Hall–Kier alpha value is -4.14. The van der Waals surface area contributed by atoms with E-state index in [2.05, 4.69) is 10.5 Å². The van der Waals surface area contributed by atoms with Gasteiger partial charge in [-0.25, -0.2) is 5.43 Å². The summed E-state index contributed by atoms with van der Waals surface area (Å²) in [4.78, 5) is 23.4. The molecule has 9 heteroatoms. The predicted molar refractivity (Wildman–Crippen MR) is 147 cm³/mol. The fourth-order valence-corrected chi connectivity index (χ4v) is 4.03. The van der Waals surface area contributed by atoms with Crippen LogP contribution in [-0.4, -0.2) is 29.3 Å². The fraction of sp³-hybridized carbons (Fsp3) is 0.379. The first-order chi connectivity index (χ1) is 17.7. The van der Waals surface area contributed by atoms with Crippen LogP contribution in [-0.2, 0) is 22.0 Å². The van der Waals surface area contributed by atoms with Crippen LogP contribution in [0.3, 0.4) is 0 Å². The molecule has 0 saturated carbocycles. The van der Waals surface area contributed by atoms with Gasteiger partial charge in [-0.15, -0.1) is 0 Å². The van der Waals surface area contributed by atoms with E-state index in [1.165, 1.54) is 19.4 Å². The third-order valence-corrected chi connectivity index (χ3v) is 6.10. The molecule has 0 radical (unpaired) electrons. The molecule has 1 aromatic heterocycles. The largest absolute Gasteiger partial charge is 0.507 e. The quantitative estimate of drug-likeness (QED) is 0.205. The lowest BCUT2D eigenvalue weighted by Crippen LogP contribution is -2.20. The van der Waals surface area contributed by atoms with Crippen LogP contribution >= 0.6 is 0 Å². The van der Waals surface area contributed by atoms with E-state index in [1.54, 1.807) is 24.3 Å². The average Bonchev–Trinajstić information content (AvgIpc) is 3.30. The van der Waals surface area contributed by atoms with Gasteiger partial charge in [-0.2, -0.15) is 5.10 Å². The number of nitro benzene ring substituents is 1. The minimum Gasteiger partial charge on any atom is -0.507 e. The Morgan fingerprint density at radius 1 is 1.08 bits per heavy atom. The molecule has 0 spiro atoms. The van der Waals surface area contributed by atoms with Crippen LogP contribution in [0, 0.1) is 10.1 Å².